The molecule has 0 aliphatic heterocycles. The van der Waals surface area contributed by atoms with Crippen LogP contribution in [0.25, 0.3) is 0 Å². The molecule has 0 aromatic heterocycles. The second kappa shape index (κ2) is 19.2. The normalized spacial score (nSPS) is 10.8. The van der Waals surface area contributed by atoms with Gasteiger partial charge in [-0.15, -0.1) is 10.1 Å². The van der Waals surface area contributed by atoms with Gasteiger partial charge >= 0.3 is 14.6 Å². The van der Waals surface area contributed by atoms with Gasteiger partial charge in [-0.3, -0.25) is 0 Å². The van der Waals surface area contributed by atoms with E-state index >= 15 is 0 Å². The van der Waals surface area contributed by atoms with Crippen LogP contribution in [0.15, 0.2) is 24.3 Å². The van der Waals surface area contributed by atoms with Crippen LogP contribution in [-0.4, -0.2) is 62.2 Å². The van der Waals surface area contributed by atoms with Crippen molar-refractivity contribution in [1.82, 2.24) is 0 Å². The molecule has 0 unspecified atom stereocenters. The zero-order chi connectivity index (χ0) is 23.4. The summed E-state index contributed by atoms with van der Waals surface area (Å²) >= 11 is 0. The first kappa shape index (κ1) is 28.7. The molecular weight excluding hydrogens is 481 g/mol. The molecule has 1 rings (SSSR count). The highest BCUT2D eigenvalue weighted by molar-refractivity contribution is 8.76. The first-order valence-corrected chi connectivity index (χ1v) is 13.8. The Hall–Kier alpha value is -1.30. The second-order valence-electron chi connectivity index (χ2n) is 5.81. The van der Waals surface area contributed by atoms with Crippen molar-refractivity contribution in [2.24, 2.45) is 0 Å². The Morgan fingerprint density at radius 3 is 2.38 bits per heavy atom. The molecule has 0 fully saturated rings. The molecule has 0 amide bonds. The minimum atomic E-state index is -1.28. The van der Waals surface area contributed by atoms with Crippen molar-refractivity contribution < 1.29 is 37.8 Å². The van der Waals surface area contributed by atoms with Crippen molar-refractivity contribution in [2.45, 2.75) is 26.7 Å². The fourth-order valence-electron chi connectivity index (χ4n) is 2.08. The summed E-state index contributed by atoms with van der Waals surface area (Å²) in [6, 6.07) is 6.85. The summed E-state index contributed by atoms with van der Waals surface area (Å²) in [4.78, 5) is 26.4. The van der Waals surface area contributed by atoms with E-state index in [1.54, 1.807) is 24.3 Å². The molecule has 0 bridgehead atoms. The summed E-state index contributed by atoms with van der Waals surface area (Å²) in [5.74, 6) is 1.22. The lowest BCUT2D eigenvalue weighted by Gasteiger charge is -2.14. The quantitative estimate of drug-likeness (QED) is 0.0594. The van der Waals surface area contributed by atoms with Crippen molar-refractivity contribution >= 4 is 36.2 Å². The Bertz CT molecular complexity index is 651. The maximum absolute atomic E-state index is 12.2. The first-order valence-electron chi connectivity index (χ1n) is 10.2. The van der Waals surface area contributed by atoms with Gasteiger partial charge in [-0.1, -0.05) is 27.7 Å². The van der Waals surface area contributed by atoms with E-state index in [0.717, 1.165) is 12.8 Å². The Morgan fingerprint density at radius 1 is 1.00 bits per heavy atom. The smallest absolute Gasteiger partial charge is 0.338 e. The summed E-state index contributed by atoms with van der Waals surface area (Å²) < 4.78 is 27.3. The van der Waals surface area contributed by atoms with Crippen LogP contribution in [0.3, 0.4) is 0 Å². The van der Waals surface area contributed by atoms with Crippen LogP contribution < -0.4 is 4.74 Å². The Labute approximate surface area is 197 Å². The van der Waals surface area contributed by atoms with Gasteiger partial charge in [0.15, 0.2) is 0 Å². The summed E-state index contributed by atoms with van der Waals surface area (Å²) in [6.45, 7) is 6.19. The Balaban J connectivity index is 2.17. The molecule has 182 valence electrons. The van der Waals surface area contributed by atoms with Gasteiger partial charge in [0.05, 0.1) is 32.0 Å². The molecule has 0 N–H and O–H groups in total. The van der Waals surface area contributed by atoms with Gasteiger partial charge in [-0.2, -0.15) is 0 Å². The van der Waals surface area contributed by atoms with E-state index < -0.39 is 19.7 Å². The maximum atomic E-state index is 12.2. The number of hydrogen-bond acceptors (Lipinski definition) is 11. The molecule has 0 saturated carbocycles. The molecule has 0 saturated heterocycles. The summed E-state index contributed by atoms with van der Waals surface area (Å²) in [7, 11) is 1.60. The molecule has 0 radical (unpaired) electrons. The largest absolute Gasteiger partial charge is 0.494 e. The van der Waals surface area contributed by atoms with Gasteiger partial charge in [-0.25, -0.2) is 4.79 Å². The first-order chi connectivity index (χ1) is 15.6. The van der Waals surface area contributed by atoms with Crippen LogP contribution in [-0.2, 0) is 23.1 Å². The van der Waals surface area contributed by atoms with Crippen molar-refractivity contribution in [2.75, 3.05) is 51.1 Å². The molecule has 1 aromatic carbocycles. The molecule has 1 aromatic rings. The van der Waals surface area contributed by atoms with E-state index in [9.17, 15) is 14.9 Å². The highest BCUT2D eigenvalue weighted by Crippen LogP contribution is 2.39. The van der Waals surface area contributed by atoms with Gasteiger partial charge in [-0.05, 0) is 44.9 Å². The lowest BCUT2D eigenvalue weighted by Crippen LogP contribution is -2.08. The third-order valence-electron chi connectivity index (χ3n) is 3.39. The number of ether oxygens (including phenoxy) is 2. The lowest BCUT2D eigenvalue weighted by atomic mass is 10.2. The number of nitrogens with zero attached hydrogens (tertiary/aromatic N) is 1. The molecule has 0 spiro atoms. The predicted molar refractivity (Wildman–Crippen MR) is 125 cm³/mol. The van der Waals surface area contributed by atoms with Crippen molar-refractivity contribution in [3.8, 4) is 5.75 Å². The highest BCUT2D eigenvalue weighted by Gasteiger charge is 2.10. The van der Waals surface area contributed by atoms with Crippen LogP contribution in [0, 0.1) is 10.1 Å². The van der Waals surface area contributed by atoms with Crippen LogP contribution in [0.2, 0.25) is 0 Å². The van der Waals surface area contributed by atoms with Gasteiger partial charge in [0.2, 0.25) is 0 Å². The van der Waals surface area contributed by atoms with Crippen LogP contribution in [0.5, 0.6) is 5.75 Å². The van der Waals surface area contributed by atoms with Crippen LogP contribution in [0.1, 0.15) is 37.0 Å². The summed E-state index contributed by atoms with van der Waals surface area (Å²) in [6.07, 6.45) is 1.59. The van der Waals surface area contributed by atoms with Gasteiger partial charge in [0.25, 0.3) is 5.09 Å². The predicted octanol–water partition coefficient (Wildman–Crippen LogP) is 4.91. The number of unbranched alkanes of at least 4 members (excludes halogenated alkanes) is 1. The highest BCUT2D eigenvalue weighted by atomic mass is 33.1. The van der Waals surface area contributed by atoms with E-state index in [1.165, 1.54) is 21.6 Å². The lowest BCUT2D eigenvalue weighted by molar-refractivity contribution is -0.756. The standard InChI is InChI=1S/C19H30NO9PS2/c1-3-27-30(28-4-2)29-11-6-5-10-24-18-9-7-8-17(16-18)19(21)25-12-14-31-32-15-13-26-20(22)23/h7-9,16H,3-6,10-15H2,1-2H3. The Kier molecular flexibility index (Phi) is 17.2. The summed E-state index contributed by atoms with van der Waals surface area (Å²) in [5, 5.41) is 9.20. The van der Waals surface area contributed by atoms with Gasteiger partial charge < -0.3 is 27.9 Å². The molecule has 0 atom stereocenters. The number of esters is 1. The molecule has 0 aliphatic rings. The number of rotatable bonds is 20. The fraction of sp³-hybridized carbons (Fsp3) is 0.632. The Morgan fingerprint density at radius 2 is 1.69 bits per heavy atom. The molecular formula is C19H30NO9PS2. The van der Waals surface area contributed by atoms with E-state index in [0.29, 0.717) is 49.2 Å². The number of hydrogen-bond donors (Lipinski definition) is 0. The fourth-order valence-corrected chi connectivity index (χ4v) is 4.65. The van der Waals surface area contributed by atoms with Crippen molar-refractivity contribution in [3.63, 3.8) is 0 Å². The number of benzene rings is 1. The van der Waals surface area contributed by atoms with E-state index in [1.807, 2.05) is 13.8 Å². The van der Waals surface area contributed by atoms with E-state index in [4.69, 9.17) is 23.0 Å². The van der Waals surface area contributed by atoms with Crippen LogP contribution in [0.4, 0.5) is 0 Å². The molecule has 10 nitrogen and oxygen atoms in total. The van der Waals surface area contributed by atoms with E-state index in [-0.39, 0.29) is 13.2 Å². The summed E-state index contributed by atoms with van der Waals surface area (Å²) in [5.41, 5.74) is 0.418. The SMILES string of the molecule is CCOP(OCC)OCCCCOc1cccc(C(=O)OCCSSCCO[N+](=O)[O-])c1. The minimum absolute atomic E-state index is 0.0339. The minimum Gasteiger partial charge on any atom is -0.494 e. The maximum Gasteiger partial charge on any atom is 0.338 e. The van der Waals surface area contributed by atoms with Gasteiger partial charge in [0.1, 0.15) is 19.0 Å². The molecule has 0 aliphatic carbocycles. The van der Waals surface area contributed by atoms with Gasteiger partial charge in [0, 0.05) is 11.5 Å². The number of carbonyl (C=O) groups excluding carboxylic acids is 1. The molecule has 32 heavy (non-hydrogen) atoms. The zero-order valence-electron chi connectivity index (χ0n) is 18.3. The average molecular weight is 512 g/mol. The zero-order valence-corrected chi connectivity index (χ0v) is 20.8. The monoisotopic (exact) mass is 511 g/mol. The average Bonchev–Trinajstić information content (AvgIpc) is 2.78. The third-order valence-corrected chi connectivity index (χ3v) is 7.05. The molecule has 0 heterocycles. The topological polar surface area (TPSA) is 116 Å². The second-order valence-corrected chi connectivity index (χ2v) is 9.74. The number of carbonyl (C=O) groups is 1. The third kappa shape index (κ3) is 14.7. The molecule has 13 heteroatoms. The van der Waals surface area contributed by atoms with Crippen molar-refractivity contribution in [1.29, 1.82) is 0 Å². The van der Waals surface area contributed by atoms with Crippen LogP contribution >= 0.6 is 30.2 Å². The van der Waals surface area contributed by atoms with Crippen molar-refractivity contribution in [3.05, 3.63) is 39.9 Å². The van der Waals surface area contributed by atoms with E-state index in [2.05, 4.69) is 4.84 Å².